The topological polar surface area (TPSA) is 250 Å². The lowest BCUT2D eigenvalue weighted by atomic mass is 9.85. The van der Waals surface area contributed by atoms with Crippen LogP contribution in [0.5, 0.6) is 0 Å². The van der Waals surface area contributed by atoms with E-state index in [1.165, 1.54) is 38.5 Å². The van der Waals surface area contributed by atoms with E-state index in [1.54, 1.807) is 31.2 Å². The number of hydrogen-bond donors (Lipinski definition) is 8. The number of esters is 2. The number of ether oxygens (including phenoxy) is 2. The molecule has 0 heterocycles. The number of carbonyl (C=O) groups excluding carboxylic acids is 2. The SMILES string of the molecule is CCCCCCCC/C=C\CCCCCCCC(=O)OCC(COP(=O)(O)OC1C(O)C(O)C(O)C(O)C1O)OC(=O)CC/C=C/C/C=C/C/C=C/C=C\C(O)C/C=C/C/C=C\C(C)O. The number of allylic oxidation sites excluding steroid dienone is 11. The summed E-state index contributed by atoms with van der Waals surface area (Å²) in [4.78, 5) is 35.7. The van der Waals surface area contributed by atoms with Crippen LogP contribution < -0.4 is 0 Å². The van der Waals surface area contributed by atoms with E-state index in [-0.39, 0.29) is 12.8 Å². The Morgan fingerprint density at radius 1 is 0.585 bits per heavy atom. The Balaban J connectivity index is 2.55. The van der Waals surface area contributed by atoms with Crippen LogP contribution in [0.1, 0.15) is 142 Å². The maximum Gasteiger partial charge on any atom is 0.472 e. The van der Waals surface area contributed by atoms with Gasteiger partial charge in [-0.25, -0.2) is 4.57 Å². The van der Waals surface area contributed by atoms with Crippen molar-refractivity contribution in [1.82, 2.24) is 0 Å². The number of phosphoric ester groups is 1. The van der Waals surface area contributed by atoms with E-state index in [4.69, 9.17) is 18.5 Å². The molecule has 0 spiro atoms. The van der Waals surface area contributed by atoms with Crippen LogP contribution in [0, 0.1) is 0 Å². The normalized spacial score (nSPS) is 23.2. The van der Waals surface area contributed by atoms with Crippen LogP contribution in [0.15, 0.2) is 85.1 Å². The van der Waals surface area contributed by atoms with Crippen LogP contribution in [0.2, 0.25) is 0 Å². The highest BCUT2D eigenvalue weighted by Crippen LogP contribution is 2.47. The second-order valence-corrected chi connectivity index (χ2v) is 17.8. The minimum absolute atomic E-state index is 0.0673. The van der Waals surface area contributed by atoms with Crippen molar-refractivity contribution in [3.05, 3.63) is 85.1 Å². The van der Waals surface area contributed by atoms with Crippen molar-refractivity contribution in [1.29, 1.82) is 0 Å². The van der Waals surface area contributed by atoms with Gasteiger partial charge < -0.3 is 50.1 Å². The van der Waals surface area contributed by atoms with Gasteiger partial charge in [-0.2, -0.15) is 0 Å². The number of carbonyl (C=O) groups is 2. The van der Waals surface area contributed by atoms with Gasteiger partial charge in [0.2, 0.25) is 0 Å². The molecule has 8 atom stereocenters. The molecule has 0 aromatic carbocycles. The van der Waals surface area contributed by atoms with Crippen molar-refractivity contribution in [2.45, 2.75) is 197 Å². The van der Waals surface area contributed by atoms with Crippen molar-refractivity contribution >= 4 is 19.8 Å². The Bertz CT molecular complexity index is 1490. The lowest BCUT2D eigenvalue weighted by molar-refractivity contribution is -0.220. The molecule has 16 heteroatoms. The average Bonchev–Trinajstić information content (AvgIpc) is 3.27. The first-order chi connectivity index (χ1) is 31.2. The smallest absolute Gasteiger partial charge is 0.462 e. The highest BCUT2D eigenvalue weighted by molar-refractivity contribution is 7.47. The number of aliphatic hydroxyl groups excluding tert-OH is 7. The zero-order chi connectivity index (χ0) is 48.1. The van der Waals surface area contributed by atoms with Gasteiger partial charge in [0.05, 0.1) is 18.8 Å². The molecule has 1 aliphatic rings. The first-order valence-corrected chi connectivity index (χ1v) is 25.0. The molecule has 8 unspecified atom stereocenters. The van der Waals surface area contributed by atoms with Gasteiger partial charge in [0.25, 0.3) is 0 Å². The van der Waals surface area contributed by atoms with Crippen molar-refractivity contribution in [3.8, 4) is 0 Å². The molecule has 0 aromatic rings. The van der Waals surface area contributed by atoms with Crippen LogP contribution in [-0.2, 0) is 32.7 Å². The van der Waals surface area contributed by atoms with Crippen LogP contribution in [0.25, 0.3) is 0 Å². The molecule has 1 rings (SSSR count). The largest absolute Gasteiger partial charge is 0.472 e. The fourth-order valence-electron chi connectivity index (χ4n) is 6.52. The first kappa shape index (κ1) is 60.0. The summed E-state index contributed by atoms with van der Waals surface area (Å²) in [5, 5.41) is 69.4. The van der Waals surface area contributed by atoms with Crippen LogP contribution in [-0.4, -0.2) is 121 Å². The lowest BCUT2D eigenvalue weighted by Crippen LogP contribution is -2.64. The van der Waals surface area contributed by atoms with Crippen LogP contribution in [0.4, 0.5) is 0 Å². The zero-order valence-electron chi connectivity index (χ0n) is 38.7. The maximum absolute atomic E-state index is 12.8. The molecule has 372 valence electrons. The van der Waals surface area contributed by atoms with Gasteiger partial charge in [-0.3, -0.25) is 18.6 Å². The van der Waals surface area contributed by atoms with Gasteiger partial charge in [0, 0.05) is 12.8 Å². The van der Waals surface area contributed by atoms with E-state index >= 15 is 0 Å². The van der Waals surface area contributed by atoms with E-state index < -0.39 is 87.9 Å². The Labute approximate surface area is 387 Å². The zero-order valence-corrected chi connectivity index (χ0v) is 39.6. The Morgan fingerprint density at radius 2 is 1.12 bits per heavy atom. The fourth-order valence-corrected chi connectivity index (χ4v) is 7.49. The van der Waals surface area contributed by atoms with Gasteiger partial charge in [-0.15, -0.1) is 0 Å². The lowest BCUT2D eigenvalue weighted by Gasteiger charge is -2.41. The highest BCUT2D eigenvalue weighted by Gasteiger charge is 2.51. The van der Waals surface area contributed by atoms with Crippen molar-refractivity contribution < 1.29 is 73.3 Å². The molecule has 8 N–H and O–H groups in total. The van der Waals surface area contributed by atoms with Gasteiger partial charge in [0.1, 0.15) is 43.2 Å². The van der Waals surface area contributed by atoms with Gasteiger partial charge in [-0.1, -0.05) is 143 Å². The Hall–Kier alpha value is -3.05. The Morgan fingerprint density at radius 3 is 1.77 bits per heavy atom. The minimum atomic E-state index is -5.17. The first-order valence-electron chi connectivity index (χ1n) is 23.6. The number of hydrogen-bond acceptors (Lipinski definition) is 14. The number of unbranched alkanes of at least 4 members (excludes halogenated alkanes) is 11. The molecule has 1 saturated carbocycles. The summed E-state index contributed by atoms with van der Waals surface area (Å²) in [6.45, 7) is 2.61. The van der Waals surface area contributed by atoms with E-state index in [9.17, 15) is 54.8 Å². The molecule has 0 saturated heterocycles. The molecule has 15 nitrogen and oxygen atoms in total. The van der Waals surface area contributed by atoms with E-state index in [0.29, 0.717) is 38.5 Å². The van der Waals surface area contributed by atoms with Crippen LogP contribution in [0.3, 0.4) is 0 Å². The minimum Gasteiger partial charge on any atom is -0.462 e. The summed E-state index contributed by atoms with van der Waals surface area (Å²) in [7, 11) is -5.17. The summed E-state index contributed by atoms with van der Waals surface area (Å²) in [5.41, 5.74) is 0. The molecule has 0 bridgehead atoms. The molecule has 0 aromatic heterocycles. The van der Waals surface area contributed by atoms with Crippen molar-refractivity contribution in [2.75, 3.05) is 13.2 Å². The molecule has 65 heavy (non-hydrogen) atoms. The molecule has 0 aliphatic heterocycles. The summed E-state index contributed by atoms with van der Waals surface area (Å²) < 4.78 is 33.4. The number of phosphoric acid groups is 1. The molecule has 0 amide bonds. The third-order valence-electron chi connectivity index (χ3n) is 10.3. The molecule has 1 aliphatic carbocycles. The summed E-state index contributed by atoms with van der Waals surface area (Å²) in [5.74, 6) is -1.26. The molecule has 1 fully saturated rings. The average molecular weight is 941 g/mol. The quantitative estimate of drug-likeness (QED) is 0.0101. The predicted molar refractivity (Wildman–Crippen MR) is 251 cm³/mol. The predicted octanol–water partition coefficient (Wildman–Crippen LogP) is 7.22. The monoisotopic (exact) mass is 941 g/mol. The van der Waals surface area contributed by atoms with E-state index in [1.807, 2.05) is 48.6 Å². The van der Waals surface area contributed by atoms with Gasteiger partial charge in [0.15, 0.2) is 6.10 Å². The number of aliphatic hydroxyl groups is 7. The van der Waals surface area contributed by atoms with Gasteiger partial charge >= 0.3 is 19.8 Å². The third-order valence-corrected chi connectivity index (χ3v) is 11.3. The molecular weight excluding hydrogens is 859 g/mol. The Kier molecular flexibility index (Phi) is 35.0. The summed E-state index contributed by atoms with van der Waals surface area (Å²) in [6.07, 6.45) is 29.5. The summed E-state index contributed by atoms with van der Waals surface area (Å²) >= 11 is 0. The second-order valence-electron chi connectivity index (χ2n) is 16.4. The molecule has 0 radical (unpaired) electrons. The highest BCUT2D eigenvalue weighted by atomic mass is 31.2. The fraction of sp³-hybridized carbons (Fsp3) is 0.673. The maximum atomic E-state index is 12.8. The summed E-state index contributed by atoms with van der Waals surface area (Å²) in [6, 6.07) is 0. The third kappa shape index (κ3) is 31.5. The second kappa shape index (κ2) is 38.0. The van der Waals surface area contributed by atoms with Crippen molar-refractivity contribution in [3.63, 3.8) is 0 Å². The molecular formula is C49H81O15P. The van der Waals surface area contributed by atoms with Crippen LogP contribution >= 0.6 is 7.82 Å². The standard InChI is InChI=1S/C49H81O15P/c1-3-4-5-6-7-8-9-10-11-12-13-17-20-23-30-35-42(52)61-37-41(38-62-65(59,60)64-49-47(57)45(55)44(54)46(56)48(49)58)63-43(53)36-31-24-21-18-15-14-16-19-22-28-33-40(51)34-29-26-25-27-32-39(2)50/h10-11,14-15,19,21-22,24,26-29,32-33,39-41,44-51,54-58H,3-9,12-13,16-18,20,23,25,30-31,34-38H2,1-2H3,(H,59,60)/b11-10-,15-14+,22-19+,24-21+,29-26+,32-27-,33-28-. The van der Waals surface area contributed by atoms with E-state index in [2.05, 4.69) is 19.1 Å². The van der Waals surface area contributed by atoms with Gasteiger partial charge in [-0.05, 0) is 71.1 Å². The van der Waals surface area contributed by atoms with E-state index in [0.717, 1.165) is 38.5 Å². The van der Waals surface area contributed by atoms with Crippen molar-refractivity contribution in [2.24, 2.45) is 0 Å². The number of rotatable bonds is 37.